The number of carbonyl (C=O) groups is 1. The number of aryl methyl sites for hydroxylation is 1. The first kappa shape index (κ1) is 12.5. The number of thiazole rings is 1. The maximum atomic E-state index is 11.6. The Kier molecular flexibility index (Phi) is 3.54. The highest BCUT2D eigenvalue weighted by atomic mass is 32.1. The molecule has 0 saturated heterocycles. The van der Waals surface area contributed by atoms with Gasteiger partial charge in [0, 0.05) is 11.1 Å². The highest BCUT2D eigenvalue weighted by molar-refractivity contribution is 7.07. The van der Waals surface area contributed by atoms with Crippen LogP contribution in [0.1, 0.15) is 21.9 Å². The lowest BCUT2D eigenvalue weighted by molar-refractivity contribution is 0.0948. The molecule has 0 unspecified atom stereocenters. The summed E-state index contributed by atoms with van der Waals surface area (Å²) in [6, 6.07) is 5.03. The van der Waals surface area contributed by atoms with Gasteiger partial charge in [-0.2, -0.15) is 0 Å². The molecular weight excluding hydrogens is 252 g/mol. The SMILES string of the molecule is Cc1csc(=O)n1Cc1cccc(C(=O)NN)n1. The number of nitrogens with zero attached hydrogens (tertiary/aromatic N) is 2. The van der Waals surface area contributed by atoms with Crippen LogP contribution in [0.3, 0.4) is 0 Å². The van der Waals surface area contributed by atoms with Crippen LogP contribution in [-0.4, -0.2) is 15.5 Å². The number of rotatable bonds is 3. The van der Waals surface area contributed by atoms with Crippen LogP contribution in [0.2, 0.25) is 0 Å². The lowest BCUT2D eigenvalue weighted by atomic mass is 10.3. The first-order valence-electron chi connectivity index (χ1n) is 5.23. The molecule has 0 aliphatic heterocycles. The summed E-state index contributed by atoms with van der Waals surface area (Å²) in [5, 5.41) is 1.79. The zero-order valence-corrected chi connectivity index (χ0v) is 10.5. The molecule has 0 bridgehead atoms. The Labute approximate surface area is 107 Å². The second kappa shape index (κ2) is 5.11. The number of aromatic nitrogens is 2. The van der Waals surface area contributed by atoms with E-state index in [1.54, 1.807) is 28.1 Å². The number of amides is 1. The van der Waals surface area contributed by atoms with E-state index in [1.807, 2.05) is 12.3 Å². The number of hydrogen-bond acceptors (Lipinski definition) is 5. The summed E-state index contributed by atoms with van der Waals surface area (Å²) in [7, 11) is 0. The zero-order valence-electron chi connectivity index (χ0n) is 9.71. The van der Waals surface area contributed by atoms with Crippen molar-refractivity contribution in [3.05, 3.63) is 50.3 Å². The largest absolute Gasteiger partial charge is 0.307 e. The van der Waals surface area contributed by atoms with Gasteiger partial charge in [-0.05, 0) is 19.1 Å². The Balaban J connectivity index is 2.30. The number of hydrogen-bond donors (Lipinski definition) is 2. The van der Waals surface area contributed by atoms with E-state index in [1.165, 1.54) is 0 Å². The number of carbonyl (C=O) groups excluding carboxylic acids is 1. The van der Waals surface area contributed by atoms with Crippen LogP contribution < -0.4 is 16.1 Å². The van der Waals surface area contributed by atoms with E-state index in [0.717, 1.165) is 17.0 Å². The van der Waals surface area contributed by atoms with Gasteiger partial charge in [-0.1, -0.05) is 17.4 Å². The number of nitrogens with one attached hydrogen (secondary N) is 1. The van der Waals surface area contributed by atoms with E-state index in [-0.39, 0.29) is 10.6 Å². The van der Waals surface area contributed by atoms with Crippen LogP contribution in [0, 0.1) is 6.92 Å². The maximum absolute atomic E-state index is 11.6. The lowest BCUT2D eigenvalue weighted by Crippen LogP contribution is -2.31. The Morgan fingerprint density at radius 2 is 2.33 bits per heavy atom. The summed E-state index contributed by atoms with van der Waals surface area (Å²) in [6.45, 7) is 2.20. The predicted molar refractivity (Wildman–Crippen MR) is 68.3 cm³/mol. The number of nitrogens with two attached hydrogens (primary N) is 1. The number of hydrazine groups is 1. The topological polar surface area (TPSA) is 90.0 Å². The normalized spacial score (nSPS) is 10.3. The van der Waals surface area contributed by atoms with Crippen molar-refractivity contribution in [2.24, 2.45) is 5.84 Å². The van der Waals surface area contributed by atoms with Gasteiger partial charge in [0.05, 0.1) is 12.2 Å². The average Bonchev–Trinajstić information content (AvgIpc) is 2.70. The molecule has 0 saturated carbocycles. The van der Waals surface area contributed by atoms with Crippen LogP contribution in [0.5, 0.6) is 0 Å². The van der Waals surface area contributed by atoms with E-state index >= 15 is 0 Å². The Morgan fingerprint density at radius 3 is 2.94 bits per heavy atom. The van der Waals surface area contributed by atoms with Gasteiger partial charge in [-0.25, -0.2) is 10.8 Å². The Morgan fingerprint density at radius 1 is 1.56 bits per heavy atom. The van der Waals surface area contributed by atoms with E-state index < -0.39 is 5.91 Å². The van der Waals surface area contributed by atoms with Crippen LogP contribution >= 0.6 is 11.3 Å². The summed E-state index contributed by atoms with van der Waals surface area (Å²) >= 11 is 1.15. The molecule has 0 spiro atoms. The molecule has 2 aromatic heterocycles. The molecule has 0 aliphatic rings. The molecule has 2 aromatic rings. The number of pyridine rings is 1. The maximum Gasteiger partial charge on any atom is 0.307 e. The van der Waals surface area contributed by atoms with E-state index in [0.29, 0.717) is 12.2 Å². The lowest BCUT2D eigenvalue weighted by Gasteiger charge is -2.05. The Bertz CT molecular complexity index is 632. The standard InChI is InChI=1S/C11H12N4O2S/c1-7-6-18-11(17)15(7)5-8-3-2-4-9(13-8)10(16)14-12/h2-4,6H,5,12H2,1H3,(H,14,16). The molecule has 0 radical (unpaired) electrons. The third-order valence-corrected chi connectivity index (χ3v) is 3.35. The zero-order chi connectivity index (χ0) is 13.1. The average molecular weight is 264 g/mol. The fourth-order valence-electron chi connectivity index (χ4n) is 1.53. The molecule has 2 heterocycles. The first-order valence-corrected chi connectivity index (χ1v) is 6.11. The number of nitrogen functional groups attached to an aromatic ring is 1. The highest BCUT2D eigenvalue weighted by Crippen LogP contribution is 2.05. The minimum absolute atomic E-state index is 0.0389. The molecule has 18 heavy (non-hydrogen) atoms. The fourth-order valence-corrected chi connectivity index (χ4v) is 2.26. The summed E-state index contributed by atoms with van der Waals surface area (Å²) in [6.07, 6.45) is 0. The molecule has 2 rings (SSSR count). The van der Waals surface area contributed by atoms with Crippen molar-refractivity contribution in [2.45, 2.75) is 13.5 Å². The van der Waals surface area contributed by atoms with Crippen LogP contribution in [0.4, 0.5) is 0 Å². The highest BCUT2D eigenvalue weighted by Gasteiger charge is 2.08. The summed E-state index contributed by atoms with van der Waals surface area (Å²) < 4.78 is 1.61. The summed E-state index contributed by atoms with van der Waals surface area (Å²) in [4.78, 5) is 27.0. The molecule has 6 nitrogen and oxygen atoms in total. The van der Waals surface area contributed by atoms with Gasteiger partial charge in [-0.3, -0.25) is 19.6 Å². The van der Waals surface area contributed by atoms with Crippen LogP contribution in [0.25, 0.3) is 0 Å². The van der Waals surface area contributed by atoms with Crippen molar-refractivity contribution in [1.82, 2.24) is 15.0 Å². The van der Waals surface area contributed by atoms with Gasteiger partial charge >= 0.3 is 4.87 Å². The van der Waals surface area contributed by atoms with Crippen LogP contribution in [0.15, 0.2) is 28.4 Å². The van der Waals surface area contributed by atoms with Gasteiger partial charge in [0.1, 0.15) is 5.69 Å². The predicted octanol–water partition coefficient (Wildman–Crippen LogP) is 0.265. The third-order valence-electron chi connectivity index (χ3n) is 2.47. The molecule has 0 atom stereocenters. The third kappa shape index (κ3) is 2.47. The Hall–Kier alpha value is -1.99. The summed E-state index contributed by atoms with van der Waals surface area (Å²) in [5.74, 6) is 4.59. The second-order valence-corrected chi connectivity index (χ2v) is 4.54. The van der Waals surface area contributed by atoms with Crippen molar-refractivity contribution in [1.29, 1.82) is 0 Å². The van der Waals surface area contributed by atoms with Gasteiger partial charge in [0.15, 0.2) is 0 Å². The molecule has 0 fully saturated rings. The van der Waals surface area contributed by atoms with Gasteiger partial charge in [0.2, 0.25) is 0 Å². The van der Waals surface area contributed by atoms with Gasteiger partial charge in [-0.15, -0.1) is 0 Å². The monoisotopic (exact) mass is 264 g/mol. The summed E-state index contributed by atoms with van der Waals surface area (Å²) in [5.41, 5.74) is 3.77. The van der Waals surface area contributed by atoms with Crippen molar-refractivity contribution in [3.63, 3.8) is 0 Å². The quantitative estimate of drug-likeness (QED) is 0.473. The minimum Gasteiger partial charge on any atom is -0.297 e. The van der Waals surface area contributed by atoms with Crippen molar-refractivity contribution in [3.8, 4) is 0 Å². The van der Waals surface area contributed by atoms with E-state index in [4.69, 9.17) is 5.84 Å². The van der Waals surface area contributed by atoms with Crippen LogP contribution in [-0.2, 0) is 6.54 Å². The smallest absolute Gasteiger partial charge is 0.297 e. The van der Waals surface area contributed by atoms with Gasteiger partial charge in [0.25, 0.3) is 5.91 Å². The van der Waals surface area contributed by atoms with Gasteiger partial charge < -0.3 is 0 Å². The van der Waals surface area contributed by atoms with Crippen molar-refractivity contribution >= 4 is 17.2 Å². The molecule has 0 aliphatic carbocycles. The molecule has 0 aromatic carbocycles. The van der Waals surface area contributed by atoms with E-state index in [2.05, 4.69) is 4.98 Å². The minimum atomic E-state index is -0.453. The fraction of sp³-hybridized carbons (Fsp3) is 0.182. The molecule has 1 amide bonds. The first-order chi connectivity index (χ1) is 8.61. The van der Waals surface area contributed by atoms with Crippen molar-refractivity contribution < 1.29 is 4.79 Å². The van der Waals surface area contributed by atoms with Crippen molar-refractivity contribution in [2.75, 3.05) is 0 Å². The van der Waals surface area contributed by atoms with E-state index in [9.17, 15) is 9.59 Å². The molecule has 3 N–H and O–H groups in total. The molecular formula is C11H12N4O2S. The molecule has 7 heteroatoms. The molecule has 94 valence electrons. The second-order valence-electron chi connectivity index (χ2n) is 3.72.